The Labute approximate surface area is 229 Å². The summed E-state index contributed by atoms with van der Waals surface area (Å²) in [6, 6.07) is 9.16. The second-order valence-electron chi connectivity index (χ2n) is 10.2. The minimum Gasteiger partial charge on any atom is -0.444 e. The number of Topliss-reactive ketones (excluding diaryl/α,β-unsaturated/α-hetero) is 1. The average molecular weight is 557 g/mol. The molecule has 0 bridgehead atoms. The van der Waals surface area contributed by atoms with Crippen molar-refractivity contribution < 1.29 is 22.7 Å². The predicted octanol–water partition coefficient (Wildman–Crippen LogP) is 3.59. The minimum atomic E-state index is -3.97. The number of nitrogens with one attached hydrogen (secondary N) is 2. The first-order valence-electron chi connectivity index (χ1n) is 12.8. The van der Waals surface area contributed by atoms with Crippen LogP contribution in [0.2, 0.25) is 0 Å². The Morgan fingerprint density at radius 1 is 1.08 bits per heavy atom. The van der Waals surface area contributed by atoms with E-state index in [2.05, 4.69) is 25.1 Å². The molecule has 3 aromatic rings. The number of ketones is 1. The number of amides is 1. The molecule has 2 N–H and O–H groups in total. The highest BCUT2D eigenvalue weighted by atomic mass is 32.2. The second kappa shape index (κ2) is 13.4. The van der Waals surface area contributed by atoms with Crippen molar-refractivity contribution in [1.29, 1.82) is 0 Å². The van der Waals surface area contributed by atoms with Crippen molar-refractivity contribution in [3.63, 3.8) is 0 Å². The van der Waals surface area contributed by atoms with Crippen LogP contribution in [0.25, 0.3) is 11.3 Å². The standard InChI is InChI=1S/C27H36N6O5S/c1-5-6-9-22(23(34)18-30-39(36,37)25-10-7-8-14-29-25)31-26(35)38-24(27(2,3)4)19-33-17-13-21(32-33)20-11-15-28-16-12-20/h7-8,10-17,22,24,30H,5-6,9,18-19H2,1-4H3,(H,31,35)/t22-,24?/m0/s1. The zero-order valence-corrected chi connectivity index (χ0v) is 23.5. The maximum Gasteiger partial charge on any atom is 0.408 e. The number of ether oxygens (including phenoxy) is 1. The lowest BCUT2D eigenvalue weighted by Gasteiger charge is -2.31. The fraction of sp³-hybridized carbons (Fsp3) is 0.444. The summed E-state index contributed by atoms with van der Waals surface area (Å²) in [5.41, 5.74) is 1.26. The second-order valence-corrected chi connectivity index (χ2v) is 11.9. The molecule has 2 atom stereocenters. The van der Waals surface area contributed by atoms with Gasteiger partial charge in [0.1, 0.15) is 6.10 Å². The van der Waals surface area contributed by atoms with E-state index in [1.54, 1.807) is 29.2 Å². The molecule has 39 heavy (non-hydrogen) atoms. The van der Waals surface area contributed by atoms with Gasteiger partial charge in [-0.3, -0.25) is 14.5 Å². The van der Waals surface area contributed by atoms with Crippen molar-refractivity contribution in [2.24, 2.45) is 5.41 Å². The molecular weight excluding hydrogens is 520 g/mol. The Morgan fingerprint density at radius 3 is 2.46 bits per heavy atom. The summed E-state index contributed by atoms with van der Waals surface area (Å²) in [5, 5.41) is 7.06. The van der Waals surface area contributed by atoms with Crippen LogP contribution >= 0.6 is 0 Å². The van der Waals surface area contributed by atoms with Crippen LogP contribution in [0.5, 0.6) is 0 Å². The number of rotatable bonds is 13. The molecule has 0 radical (unpaired) electrons. The number of nitrogens with zero attached hydrogens (tertiary/aromatic N) is 4. The van der Waals surface area contributed by atoms with Crippen LogP contribution in [0.15, 0.2) is 66.2 Å². The molecule has 0 saturated carbocycles. The van der Waals surface area contributed by atoms with Gasteiger partial charge in [-0.2, -0.15) is 5.10 Å². The van der Waals surface area contributed by atoms with E-state index in [9.17, 15) is 18.0 Å². The first kappa shape index (κ1) is 29.9. The van der Waals surface area contributed by atoms with Crippen LogP contribution in [-0.2, 0) is 26.1 Å². The van der Waals surface area contributed by atoms with Gasteiger partial charge in [0.25, 0.3) is 10.0 Å². The summed E-state index contributed by atoms with van der Waals surface area (Å²) in [4.78, 5) is 33.7. The number of pyridine rings is 2. The molecule has 1 amide bonds. The summed E-state index contributed by atoms with van der Waals surface area (Å²) >= 11 is 0. The van der Waals surface area contributed by atoms with E-state index in [0.29, 0.717) is 19.4 Å². The fourth-order valence-corrected chi connectivity index (χ4v) is 4.63. The van der Waals surface area contributed by atoms with E-state index < -0.39 is 46.0 Å². The maximum absolute atomic E-state index is 12.9. The Bertz CT molecular complexity index is 1320. The number of alkyl carbamates (subject to hydrolysis) is 1. The predicted molar refractivity (Wildman–Crippen MR) is 146 cm³/mol. The number of carbonyl (C=O) groups excluding carboxylic acids is 2. The normalized spacial score (nSPS) is 13.4. The van der Waals surface area contributed by atoms with Crippen molar-refractivity contribution in [1.82, 2.24) is 29.8 Å². The van der Waals surface area contributed by atoms with Crippen molar-refractivity contribution in [2.45, 2.75) is 70.7 Å². The molecule has 11 nitrogen and oxygen atoms in total. The molecule has 3 heterocycles. The van der Waals surface area contributed by atoms with Gasteiger partial charge in [-0.05, 0) is 36.8 Å². The summed E-state index contributed by atoms with van der Waals surface area (Å²) in [5.74, 6) is -0.471. The molecule has 3 aromatic heterocycles. The van der Waals surface area contributed by atoms with E-state index in [1.165, 1.54) is 12.3 Å². The highest BCUT2D eigenvalue weighted by Crippen LogP contribution is 2.25. The number of sulfonamides is 1. The lowest BCUT2D eigenvalue weighted by molar-refractivity contribution is -0.120. The first-order valence-corrected chi connectivity index (χ1v) is 14.3. The molecule has 0 saturated heterocycles. The van der Waals surface area contributed by atoms with Crippen LogP contribution in [0.4, 0.5) is 4.79 Å². The van der Waals surface area contributed by atoms with E-state index >= 15 is 0 Å². The largest absolute Gasteiger partial charge is 0.444 e. The first-order chi connectivity index (χ1) is 18.5. The van der Waals surface area contributed by atoms with Gasteiger partial charge in [-0.15, -0.1) is 0 Å². The third kappa shape index (κ3) is 8.96. The topological polar surface area (TPSA) is 145 Å². The van der Waals surface area contributed by atoms with Gasteiger partial charge in [-0.25, -0.2) is 22.9 Å². The highest BCUT2D eigenvalue weighted by molar-refractivity contribution is 7.89. The molecular formula is C27H36N6O5S. The molecule has 12 heteroatoms. The van der Waals surface area contributed by atoms with E-state index in [0.717, 1.165) is 17.7 Å². The molecule has 0 aliphatic heterocycles. The minimum absolute atomic E-state index is 0.186. The van der Waals surface area contributed by atoms with Gasteiger partial charge in [0.15, 0.2) is 10.8 Å². The lowest BCUT2D eigenvalue weighted by atomic mass is 9.89. The molecule has 0 aromatic carbocycles. The number of hydrogen-bond donors (Lipinski definition) is 2. The van der Waals surface area contributed by atoms with E-state index in [1.807, 2.05) is 52.1 Å². The Balaban J connectivity index is 1.65. The van der Waals surface area contributed by atoms with Crippen molar-refractivity contribution in [2.75, 3.05) is 6.54 Å². The lowest BCUT2D eigenvalue weighted by Crippen LogP contribution is -2.47. The molecule has 210 valence electrons. The van der Waals surface area contributed by atoms with Gasteiger partial charge < -0.3 is 10.1 Å². The average Bonchev–Trinajstić information content (AvgIpc) is 3.38. The van der Waals surface area contributed by atoms with Crippen LogP contribution in [0.3, 0.4) is 0 Å². The molecule has 3 rings (SSSR count). The van der Waals surface area contributed by atoms with E-state index in [4.69, 9.17) is 4.74 Å². The van der Waals surface area contributed by atoms with Gasteiger partial charge >= 0.3 is 6.09 Å². The number of carbonyl (C=O) groups is 2. The number of hydrogen-bond acceptors (Lipinski definition) is 8. The third-order valence-electron chi connectivity index (χ3n) is 6.06. The van der Waals surface area contributed by atoms with Gasteiger partial charge in [0, 0.05) is 35.8 Å². The zero-order valence-electron chi connectivity index (χ0n) is 22.7. The SMILES string of the molecule is CCCC[C@H](NC(=O)OC(Cn1ccc(-c2ccncc2)n1)C(C)(C)C)C(=O)CNS(=O)(=O)c1ccccn1. The van der Waals surface area contributed by atoms with Crippen molar-refractivity contribution in [3.8, 4) is 11.3 Å². The van der Waals surface area contributed by atoms with E-state index in [-0.39, 0.29) is 5.03 Å². The molecule has 1 unspecified atom stereocenters. The van der Waals surface area contributed by atoms with Crippen molar-refractivity contribution in [3.05, 3.63) is 61.2 Å². The quantitative estimate of drug-likeness (QED) is 0.325. The molecule has 0 aliphatic carbocycles. The number of aromatic nitrogens is 4. The summed E-state index contributed by atoms with van der Waals surface area (Å²) in [6.07, 6.45) is 7.06. The summed E-state index contributed by atoms with van der Waals surface area (Å²) < 4.78 is 34.7. The number of unbranched alkanes of at least 4 members (excludes halogenated alkanes) is 1. The monoisotopic (exact) mass is 556 g/mol. The summed E-state index contributed by atoms with van der Waals surface area (Å²) in [7, 11) is -3.97. The zero-order chi connectivity index (χ0) is 28.5. The van der Waals surface area contributed by atoms with Gasteiger partial charge in [-0.1, -0.05) is 46.6 Å². The van der Waals surface area contributed by atoms with Crippen molar-refractivity contribution >= 4 is 21.9 Å². The maximum atomic E-state index is 12.9. The van der Waals surface area contributed by atoms with Gasteiger partial charge in [0.2, 0.25) is 0 Å². The summed E-state index contributed by atoms with van der Waals surface area (Å²) in [6.45, 7) is 7.63. The fourth-order valence-electron chi connectivity index (χ4n) is 3.69. The molecule has 0 aliphatic rings. The van der Waals surface area contributed by atoms with Crippen LogP contribution in [0.1, 0.15) is 47.0 Å². The Morgan fingerprint density at radius 2 is 1.82 bits per heavy atom. The Kier molecular flexibility index (Phi) is 10.3. The van der Waals surface area contributed by atoms with Crippen LogP contribution in [0, 0.1) is 5.41 Å². The highest BCUT2D eigenvalue weighted by Gasteiger charge is 2.31. The Hall–Kier alpha value is -3.64. The van der Waals surface area contributed by atoms with Crippen LogP contribution in [-0.4, -0.2) is 58.7 Å². The third-order valence-corrected chi connectivity index (χ3v) is 7.38. The molecule has 0 spiro atoms. The van der Waals surface area contributed by atoms with Gasteiger partial charge in [0.05, 0.1) is 24.8 Å². The molecule has 0 fully saturated rings. The van der Waals surface area contributed by atoms with Crippen LogP contribution < -0.4 is 10.0 Å². The smallest absolute Gasteiger partial charge is 0.408 e.